The van der Waals surface area contributed by atoms with E-state index in [1.165, 1.54) is 12.1 Å². The molecule has 22 heavy (non-hydrogen) atoms. The predicted molar refractivity (Wildman–Crippen MR) is 88.1 cm³/mol. The number of anilines is 1. The fraction of sp³-hybridized carbons (Fsp3) is 0.133. The first-order valence-electron chi connectivity index (χ1n) is 6.48. The molecule has 2 aromatic carbocycles. The van der Waals surface area contributed by atoms with Gasteiger partial charge in [-0.15, -0.1) is 0 Å². The molecular formula is C15H12BrN3O3. The Morgan fingerprint density at radius 3 is 2.64 bits per heavy atom. The van der Waals surface area contributed by atoms with Crippen LogP contribution in [0, 0.1) is 10.1 Å². The second kappa shape index (κ2) is 5.42. The van der Waals surface area contributed by atoms with Crippen molar-refractivity contribution < 1.29 is 9.34 Å². The van der Waals surface area contributed by atoms with Gasteiger partial charge in [-0.2, -0.15) is 0 Å². The molecule has 0 amide bonds. The normalized spacial score (nSPS) is 10.9. The number of hydrogen-bond acceptors (Lipinski definition) is 5. The minimum Gasteiger partial charge on any atom is -0.436 e. The Morgan fingerprint density at radius 1 is 1.23 bits per heavy atom. The summed E-state index contributed by atoms with van der Waals surface area (Å²) in [5.74, 6) is 0.432. The SMILES string of the molecule is CN(C)c1ccc(-c2nc3ccc([N+](=O)[O-])cc3o2)cc1Br. The molecule has 0 atom stereocenters. The number of fused-ring (bicyclic) bond motifs is 1. The standard InChI is InChI=1S/C15H12BrN3O3/c1-18(2)13-6-3-9(7-11(13)16)15-17-12-5-4-10(19(20)21)8-14(12)22-15/h3-8H,1-2H3. The summed E-state index contributed by atoms with van der Waals surface area (Å²) in [7, 11) is 3.91. The van der Waals surface area contributed by atoms with E-state index in [0.29, 0.717) is 17.0 Å². The van der Waals surface area contributed by atoms with Gasteiger partial charge in [0, 0.05) is 30.2 Å². The van der Waals surface area contributed by atoms with Gasteiger partial charge in [-0.25, -0.2) is 4.98 Å². The second-order valence-electron chi connectivity index (χ2n) is 4.99. The number of benzene rings is 2. The molecule has 0 aliphatic heterocycles. The summed E-state index contributed by atoms with van der Waals surface area (Å²) >= 11 is 3.52. The van der Waals surface area contributed by atoms with Crippen LogP contribution in [-0.4, -0.2) is 24.0 Å². The van der Waals surface area contributed by atoms with Crippen LogP contribution in [0.4, 0.5) is 11.4 Å². The van der Waals surface area contributed by atoms with E-state index in [4.69, 9.17) is 4.42 Å². The fourth-order valence-electron chi connectivity index (χ4n) is 2.15. The summed E-state index contributed by atoms with van der Waals surface area (Å²) in [6.07, 6.45) is 0. The molecule has 0 spiro atoms. The number of non-ortho nitro benzene ring substituents is 1. The monoisotopic (exact) mass is 361 g/mol. The highest BCUT2D eigenvalue weighted by Crippen LogP contribution is 2.32. The summed E-state index contributed by atoms with van der Waals surface area (Å²) in [6, 6.07) is 10.2. The molecule has 3 rings (SSSR count). The largest absolute Gasteiger partial charge is 0.436 e. The molecule has 6 nitrogen and oxygen atoms in total. The molecule has 0 unspecified atom stereocenters. The van der Waals surface area contributed by atoms with Gasteiger partial charge in [0.25, 0.3) is 5.69 Å². The van der Waals surface area contributed by atoms with Gasteiger partial charge in [0.1, 0.15) is 5.52 Å². The van der Waals surface area contributed by atoms with Gasteiger partial charge in [0.2, 0.25) is 5.89 Å². The molecular weight excluding hydrogens is 350 g/mol. The van der Waals surface area contributed by atoms with Crippen LogP contribution in [0.2, 0.25) is 0 Å². The van der Waals surface area contributed by atoms with Gasteiger partial charge in [0.05, 0.1) is 16.7 Å². The van der Waals surface area contributed by atoms with E-state index >= 15 is 0 Å². The Labute approximate surface area is 134 Å². The van der Waals surface area contributed by atoms with Crippen LogP contribution in [0.1, 0.15) is 0 Å². The van der Waals surface area contributed by atoms with Crippen LogP contribution in [0.15, 0.2) is 45.3 Å². The zero-order valence-corrected chi connectivity index (χ0v) is 13.5. The topological polar surface area (TPSA) is 72.4 Å². The molecule has 0 aliphatic rings. The van der Waals surface area contributed by atoms with E-state index in [-0.39, 0.29) is 5.69 Å². The number of aromatic nitrogens is 1. The molecule has 0 N–H and O–H groups in total. The summed E-state index contributed by atoms with van der Waals surface area (Å²) in [5, 5.41) is 10.8. The van der Waals surface area contributed by atoms with E-state index in [1.807, 2.05) is 37.2 Å². The number of rotatable bonds is 3. The van der Waals surface area contributed by atoms with Gasteiger partial charge < -0.3 is 9.32 Å². The highest BCUT2D eigenvalue weighted by molar-refractivity contribution is 9.10. The van der Waals surface area contributed by atoms with Crippen molar-refractivity contribution in [3.8, 4) is 11.5 Å². The van der Waals surface area contributed by atoms with Crippen molar-refractivity contribution in [1.82, 2.24) is 4.98 Å². The first-order chi connectivity index (χ1) is 10.5. The highest BCUT2D eigenvalue weighted by atomic mass is 79.9. The predicted octanol–water partition coefficient (Wildman–Crippen LogP) is 4.23. The van der Waals surface area contributed by atoms with E-state index in [9.17, 15) is 10.1 Å². The number of hydrogen-bond donors (Lipinski definition) is 0. The quantitative estimate of drug-likeness (QED) is 0.515. The lowest BCUT2D eigenvalue weighted by molar-refractivity contribution is -0.384. The lowest BCUT2D eigenvalue weighted by Crippen LogP contribution is -2.09. The molecule has 0 fully saturated rings. The smallest absolute Gasteiger partial charge is 0.273 e. The minimum absolute atomic E-state index is 0.0145. The molecule has 0 saturated carbocycles. The number of halogens is 1. The number of nitrogens with zero attached hydrogens (tertiary/aromatic N) is 3. The van der Waals surface area contributed by atoms with Crippen LogP contribution in [0.25, 0.3) is 22.6 Å². The first kappa shape index (κ1) is 14.5. The first-order valence-corrected chi connectivity index (χ1v) is 7.27. The average Bonchev–Trinajstić information content (AvgIpc) is 2.89. The Morgan fingerprint density at radius 2 is 2.00 bits per heavy atom. The molecule has 0 saturated heterocycles. The zero-order chi connectivity index (χ0) is 15.9. The molecule has 0 bridgehead atoms. The van der Waals surface area contributed by atoms with E-state index in [1.54, 1.807) is 6.07 Å². The molecule has 7 heteroatoms. The summed E-state index contributed by atoms with van der Waals surface area (Å²) in [6.45, 7) is 0. The Hall–Kier alpha value is -2.41. The van der Waals surface area contributed by atoms with Crippen LogP contribution in [-0.2, 0) is 0 Å². The molecule has 0 radical (unpaired) electrons. The van der Waals surface area contributed by atoms with Gasteiger partial charge in [-0.05, 0) is 40.2 Å². The lowest BCUT2D eigenvalue weighted by Gasteiger charge is -2.14. The summed E-state index contributed by atoms with van der Waals surface area (Å²) in [5.41, 5.74) is 2.82. The molecule has 3 aromatic rings. The Kier molecular flexibility index (Phi) is 3.58. The van der Waals surface area contributed by atoms with Gasteiger partial charge in [0.15, 0.2) is 5.58 Å². The zero-order valence-electron chi connectivity index (χ0n) is 11.9. The van der Waals surface area contributed by atoms with Crippen LogP contribution in [0.3, 0.4) is 0 Å². The van der Waals surface area contributed by atoms with E-state index in [0.717, 1.165) is 15.7 Å². The van der Waals surface area contributed by atoms with Crippen molar-refractivity contribution >= 4 is 38.4 Å². The van der Waals surface area contributed by atoms with Crippen molar-refractivity contribution in [2.24, 2.45) is 0 Å². The van der Waals surface area contributed by atoms with E-state index < -0.39 is 4.92 Å². The third-order valence-corrected chi connectivity index (χ3v) is 3.89. The Bertz CT molecular complexity index is 874. The maximum absolute atomic E-state index is 10.8. The number of nitro benzene ring substituents is 1. The van der Waals surface area contributed by atoms with Crippen molar-refractivity contribution in [2.45, 2.75) is 0 Å². The van der Waals surface area contributed by atoms with Gasteiger partial charge in [-0.3, -0.25) is 10.1 Å². The molecule has 1 aromatic heterocycles. The lowest BCUT2D eigenvalue weighted by atomic mass is 10.2. The third kappa shape index (κ3) is 2.55. The van der Waals surface area contributed by atoms with E-state index in [2.05, 4.69) is 20.9 Å². The van der Waals surface area contributed by atoms with Crippen molar-refractivity contribution in [1.29, 1.82) is 0 Å². The average molecular weight is 362 g/mol. The Balaban J connectivity index is 2.06. The van der Waals surface area contributed by atoms with Crippen LogP contribution in [0.5, 0.6) is 0 Å². The van der Waals surface area contributed by atoms with Crippen molar-refractivity contribution in [2.75, 3.05) is 19.0 Å². The fourth-order valence-corrected chi connectivity index (χ4v) is 2.89. The summed E-state index contributed by atoms with van der Waals surface area (Å²) < 4.78 is 6.57. The third-order valence-electron chi connectivity index (χ3n) is 3.26. The second-order valence-corrected chi connectivity index (χ2v) is 5.84. The van der Waals surface area contributed by atoms with Gasteiger partial charge >= 0.3 is 0 Å². The molecule has 1 heterocycles. The van der Waals surface area contributed by atoms with Crippen LogP contribution >= 0.6 is 15.9 Å². The summed E-state index contributed by atoms with van der Waals surface area (Å²) in [4.78, 5) is 16.7. The van der Waals surface area contributed by atoms with Crippen LogP contribution < -0.4 is 4.90 Å². The maximum Gasteiger partial charge on any atom is 0.273 e. The van der Waals surface area contributed by atoms with Crippen molar-refractivity contribution in [3.63, 3.8) is 0 Å². The van der Waals surface area contributed by atoms with Crippen molar-refractivity contribution in [3.05, 3.63) is 51.0 Å². The minimum atomic E-state index is -0.454. The number of oxazole rings is 1. The van der Waals surface area contributed by atoms with Gasteiger partial charge in [-0.1, -0.05) is 0 Å². The molecule has 112 valence electrons. The highest BCUT2D eigenvalue weighted by Gasteiger charge is 2.14. The molecule has 0 aliphatic carbocycles. The number of nitro groups is 1. The maximum atomic E-state index is 10.8.